The first-order valence-electron chi connectivity index (χ1n) is 11.9. The number of nitrogens with zero attached hydrogens (tertiary/aromatic N) is 2. The minimum atomic E-state index is -0.212. The van der Waals surface area contributed by atoms with Crippen molar-refractivity contribution in [2.45, 2.75) is 20.3 Å². The van der Waals surface area contributed by atoms with Crippen LogP contribution in [0.1, 0.15) is 29.8 Å². The van der Waals surface area contributed by atoms with E-state index >= 15 is 0 Å². The third-order valence-corrected chi connectivity index (χ3v) is 6.72. The van der Waals surface area contributed by atoms with Gasteiger partial charge in [-0.15, -0.1) is 11.3 Å². The minimum absolute atomic E-state index is 0.212. The number of fused-ring (bicyclic) bond motifs is 1. The molecule has 2 aromatic heterocycles. The van der Waals surface area contributed by atoms with Gasteiger partial charge in [-0.25, -0.2) is 9.97 Å². The monoisotopic (exact) mass is 493 g/mol. The SMILES string of the molecule is COc1ccc(-c2cc(C(=O)Nc3nc(-c4ccc(CC(C)C)cc4)cs3)c3ccccc3n2)cc1. The van der Waals surface area contributed by atoms with Gasteiger partial charge in [0.2, 0.25) is 0 Å². The fourth-order valence-corrected chi connectivity index (χ4v) is 4.90. The molecule has 5 nitrogen and oxygen atoms in total. The van der Waals surface area contributed by atoms with Crippen LogP contribution in [0.25, 0.3) is 33.4 Å². The second-order valence-corrected chi connectivity index (χ2v) is 9.95. The molecule has 2 heterocycles. The van der Waals surface area contributed by atoms with Crippen LogP contribution >= 0.6 is 11.3 Å². The van der Waals surface area contributed by atoms with Crippen LogP contribution in [0.5, 0.6) is 5.75 Å². The predicted molar refractivity (Wildman–Crippen MR) is 148 cm³/mol. The maximum atomic E-state index is 13.4. The van der Waals surface area contributed by atoms with E-state index in [1.807, 2.05) is 60.0 Å². The Hall–Kier alpha value is -4.03. The summed E-state index contributed by atoms with van der Waals surface area (Å²) < 4.78 is 5.27. The first-order chi connectivity index (χ1) is 17.5. The van der Waals surface area contributed by atoms with Gasteiger partial charge in [0, 0.05) is 21.9 Å². The lowest BCUT2D eigenvalue weighted by molar-refractivity contribution is 0.102. The highest BCUT2D eigenvalue weighted by Crippen LogP contribution is 2.29. The second kappa shape index (κ2) is 10.3. The third kappa shape index (κ3) is 5.14. The summed E-state index contributed by atoms with van der Waals surface area (Å²) in [7, 11) is 1.64. The van der Waals surface area contributed by atoms with E-state index in [1.54, 1.807) is 7.11 Å². The van der Waals surface area contributed by atoms with Crippen LogP contribution in [0, 0.1) is 5.92 Å². The number of carbonyl (C=O) groups excluding carboxylic acids is 1. The molecule has 6 heteroatoms. The molecule has 0 bridgehead atoms. The Morgan fingerprint density at radius 3 is 2.33 bits per heavy atom. The Labute approximate surface area is 214 Å². The summed E-state index contributed by atoms with van der Waals surface area (Å²) in [5.74, 6) is 1.18. The van der Waals surface area contributed by atoms with Gasteiger partial charge in [-0.2, -0.15) is 0 Å². The molecule has 0 aliphatic rings. The molecular weight excluding hydrogens is 466 g/mol. The van der Waals surface area contributed by atoms with Crippen molar-refractivity contribution >= 4 is 33.3 Å². The third-order valence-electron chi connectivity index (χ3n) is 5.96. The zero-order valence-electron chi connectivity index (χ0n) is 20.5. The van der Waals surface area contributed by atoms with E-state index in [-0.39, 0.29) is 5.91 Å². The van der Waals surface area contributed by atoms with Crippen molar-refractivity contribution in [1.29, 1.82) is 0 Å². The zero-order valence-corrected chi connectivity index (χ0v) is 21.3. The summed E-state index contributed by atoms with van der Waals surface area (Å²) in [4.78, 5) is 22.9. The number of aromatic nitrogens is 2. The van der Waals surface area contributed by atoms with Crippen LogP contribution < -0.4 is 10.1 Å². The molecule has 0 saturated carbocycles. The van der Waals surface area contributed by atoms with Crippen LogP contribution in [0.2, 0.25) is 0 Å². The first-order valence-corrected chi connectivity index (χ1v) is 12.8. The maximum Gasteiger partial charge on any atom is 0.258 e. The van der Waals surface area contributed by atoms with Gasteiger partial charge in [-0.3, -0.25) is 10.1 Å². The number of nitrogens with one attached hydrogen (secondary N) is 1. The lowest BCUT2D eigenvalue weighted by Gasteiger charge is -2.10. The number of methoxy groups -OCH3 is 1. The molecule has 5 aromatic rings. The number of amides is 1. The number of thiazole rings is 1. The predicted octanol–water partition coefficient (Wildman–Crippen LogP) is 7.48. The van der Waals surface area contributed by atoms with Gasteiger partial charge in [0.1, 0.15) is 5.75 Å². The number of benzene rings is 3. The van der Waals surface area contributed by atoms with Crippen molar-refractivity contribution in [3.05, 3.63) is 95.4 Å². The maximum absolute atomic E-state index is 13.4. The summed E-state index contributed by atoms with van der Waals surface area (Å²) in [6, 6.07) is 25.7. The number of hydrogen-bond acceptors (Lipinski definition) is 5. The largest absolute Gasteiger partial charge is 0.497 e. The Bertz CT molecular complexity index is 1510. The van der Waals surface area contributed by atoms with E-state index in [9.17, 15) is 4.79 Å². The van der Waals surface area contributed by atoms with Crippen LogP contribution in [0.15, 0.2) is 84.2 Å². The van der Waals surface area contributed by atoms with Crippen molar-refractivity contribution in [3.8, 4) is 28.3 Å². The minimum Gasteiger partial charge on any atom is -0.497 e. The van der Waals surface area contributed by atoms with E-state index < -0.39 is 0 Å². The molecule has 0 spiro atoms. The average molecular weight is 494 g/mol. The number of carbonyl (C=O) groups is 1. The van der Waals surface area contributed by atoms with Gasteiger partial charge in [-0.1, -0.05) is 56.3 Å². The van der Waals surface area contributed by atoms with Crippen LogP contribution in [0.4, 0.5) is 5.13 Å². The Morgan fingerprint density at radius 1 is 0.917 bits per heavy atom. The van der Waals surface area contributed by atoms with Crippen LogP contribution in [0.3, 0.4) is 0 Å². The fourth-order valence-electron chi connectivity index (χ4n) is 4.18. The quantitative estimate of drug-likeness (QED) is 0.255. The van der Waals surface area contributed by atoms with E-state index in [0.29, 0.717) is 16.6 Å². The summed E-state index contributed by atoms with van der Waals surface area (Å²) in [6.45, 7) is 4.44. The highest BCUT2D eigenvalue weighted by molar-refractivity contribution is 7.14. The lowest BCUT2D eigenvalue weighted by Crippen LogP contribution is -2.13. The molecule has 180 valence electrons. The van der Waals surface area contributed by atoms with Gasteiger partial charge in [0.15, 0.2) is 5.13 Å². The van der Waals surface area contributed by atoms with Crippen molar-refractivity contribution < 1.29 is 9.53 Å². The summed E-state index contributed by atoms with van der Waals surface area (Å²) in [5, 5.41) is 6.33. The molecule has 1 N–H and O–H groups in total. The second-order valence-electron chi connectivity index (χ2n) is 9.09. The Kier molecular flexibility index (Phi) is 6.78. The molecule has 0 unspecified atom stereocenters. The summed E-state index contributed by atoms with van der Waals surface area (Å²) >= 11 is 1.42. The highest BCUT2D eigenvalue weighted by atomic mass is 32.1. The number of ether oxygens (including phenoxy) is 1. The zero-order chi connectivity index (χ0) is 25.1. The lowest BCUT2D eigenvalue weighted by atomic mass is 10.0. The summed E-state index contributed by atoms with van der Waals surface area (Å²) in [6.07, 6.45) is 1.05. The van der Waals surface area contributed by atoms with E-state index in [1.165, 1.54) is 16.9 Å². The fraction of sp³-hybridized carbons (Fsp3) is 0.167. The number of pyridine rings is 1. The van der Waals surface area contributed by atoms with Crippen molar-refractivity contribution in [3.63, 3.8) is 0 Å². The highest BCUT2D eigenvalue weighted by Gasteiger charge is 2.16. The van der Waals surface area contributed by atoms with E-state index in [0.717, 1.165) is 45.6 Å². The van der Waals surface area contributed by atoms with Crippen molar-refractivity contribution in [2.24, 2.45) is 5.92 Å². The molecule has 0 radical (unpaired) electrons. The number of hydrogen-bond donors (Lipinski definition) is 1. The number of para-hydroxylation sites is 1. The molecule has 0 atom stereocenters. The van der Waals surface area contributed by atoms with Gasteiger partial charge >= 0.3 is 0 Å². The van der Waals surface area contributed by atoms with Crippen molar-refractivity contribution in [2.75, 3.05) is 12.4 Å². The molecule has 0 saturated heterocycles. The van der Waals surface area contributed by atoms with Gasteiger partial charge < -0.3 is 4.74 Å². The van der Waals surface area contributed by atoms with E-state index in [4.69, 9.17) is 9.72 Å². The normalized spacial score (nSPS) is 11.1. The molecule has 0 aliphatic heterocycles. The molecule has 36 heavy (non-hydrogen) atoms. The van der Waals surface area contributed by atoms with Crippen molar-refractivity contribution in [1.82, 2.24) is 9.97 Å². The average Bonchev–Trinajstić information content (AvgIpc) is 3.36. The number of rotatable bonds is 7. The molecule has 1 amide bonds. The molecule has 5 rings (SSSR count). The topological polar surface area (TPSA) is 64.1 Å². The standard InChI is InChI=1S/C30H27N3O2S/c1-19(2)16-20-8-10-22(11-9-20)28-18-36-30(32-28)33-29(34)25-17-27(21-12-14-23(35-3)15-13-21)31-26-7-5-4-6-24(25)26/h4-15,17-19H,16H2,1-3H3,(H,32,33,34). The molecule has 0 fully saturated rings. The number of anilines is 1. The van der Waals surface area contributed by atoms with Gasteiger partial charge in [-0.05, 0) is 54.3 Å². The first kappa shape index (κ1) is 23.7. The Balaban J connectivity index is 1.42. The van der Waals surface area contributed by atoms with Gasteiger partial charge in [0.25, 0.3) is 5.91 Å². The van der Waals surface area contributed by atoms with Crippen LogP contribution in [-0.2, 0) is 6.42 Å². The van der Waals surface area contributed by atoms with E-state index in [2.05, 4.69) is 48.4 Å². The van der Waals surface area contributed by atoms with Gasteiger partial charge in [0.05, 0.1) is 29.6 Å². The van der Waals surface area contributed by atoms with Crippen LogP contribution in [-0.4, -0.2) is 23.0 Å². The molecular formula is C30H27N3O2S. The summed E-state index contributed by atoms with van der Waals surface area (Å²) in [5.41, 5.74) is 6.16. The Morgan fingerprint density at radius 2 is 1.61 bits per heavy atom. The molecule has 3 aromatic carbocycles. The smallest absolute Gasteiger partial charge is 0.258 e. The molecule has 0 aliphatic carbocycles.